The van der Waals surface area contributed by atoms with Crippen molar-refractivity contribution in [1.29, 1.82) is 0 Å². The molecule has 1 amide bonds. The van der Waals surface area contributed by atoms with Gasteiger partial charge in [-0.1, -0.05) is 11.6 Å². The minimum absolute atomic E-state index is 0.0131. The number of ether oxygens (including phenoxy) is 2. The summed E-state index contributed by atoms with van der Waals surface area (Å²) < 4.78 is 11.7. The van der Waals surface area contributed by atoms with Gasteiger partial charge in [0.1, 0.15) is 18.2 Å². The first-order valence-electron chi connectivity index (χ1n) is 9.57. The SMILES string of the molecule is CC1(C)C[C@H](C(=O)NC[C@H]2Cc3cc(-c4cncnc4)cc(Cl)c3O2)CCO1. The zero-order valence-corrected chi connectivity index (χ0v) is 16.8. The van der Waals surface area contributed by atoms with Crippen molar-refractivity contribution in [3.05, 3.63) is 41.4 Å². The predicted molar refractivity (Wildman–Crippen MR) is 106 cm³/mol. The van der Waals surface area contributed by atoms with Crippen LogP contribution in [0.2, 0.25) is 5.02 Å². The van der Waals surface area contributed by atoms with Crippen molar-refractivity contribution in [3.63, 3.8) is 0 Å². The predicted octanol–water partition coefficient (Wildman–Crippen LogP) is 3.42. The van der Waals surface area contributed by atoms with E-state index in [2.05, 4.69) is 21.4 Å². The second kappa shape index (κ2) is 7.68. The van der Waals surface area contributed by atoms with E-state index in [1.54, 1.807) is 12.4 Å². The molecule has 1 aromatic heterocycles. The van der Waals surface area contributed by atoms with Crippen LogP contribution in [-0.2, 0) is 16.0 Å². The van der Waals surface area contributed by atoms with E-state index < -0.39 is 0 Å². The van der Waals surface area contributed by atoms with Crippen LogP contribution in [0.3, 0.4) is 0 Å². The number of carbonyl (C=O) groups excluding carboxylic acids is 1. The fourth-order valence-corrected chi connectivity index (χ4v) is 4.21. The number of rotatable bonds is 4. The smallest absolute Gasteiger partial charge is 0.223 e. The minimum atomic E-state index is -0.245. The lowest BCUT2D eigenvalue weighted by molar-refractivity contribution is -0.135. The van der Waals surface area contributed by atoms with Crippen molar-refractivity contribution in [1.82, 2.24) is 15.3 Å². The average Bonchev–Trinajstić information content (AvgIpc) is 3.10. The Morgan fingerprint density at radius 2 is 2.07 bits per heavy atom. The van der Waals surface area contributed by atoms with Gasteiger partial charge in [-0.05, 0) is 44.4 Å². The Kier molecular flexibility index (Phi) is 5.25. The van der Waals surface area contributed by atoms with Gasteiger partial charge in [0.2, 0.25) is 5.91 Å². The van der Waals surface area contributed by atoms with Gasteiger partial charge >= 0.3 is 0 Å². The average molecular weight is 402 g/mol. The molecule has 0 saturated carbocycles. The fraction of sp³-hybridized carbons (Fsp3) is 0.476. The van der Waals surface area contributed by atoms with Gasteiger partial charge in [0, 0.05) is 42.5 Å². The number of carbonyl (C=O) groups is 1. The number of hydrogen-bond acceptors (Lipinski definition) is 5. The monoisotopic (exact) mass is 401 g/mol. The quantitative estimate of drug-likeness (QED) is 0.849. The molecular formula is C21H24ClN3O3. The van der Waals surface area contributed by atoms with Crippen molar-refractivity contribution in [2.24, 2.45) is 5.92 Å². The first kappa shape index (κ1) is 19.2. The van der Waals surface area contributed by atoms with Crippen molar-refractivity contribution in [3.8, 4) is 16.9 Å². The van der Waals surface area contributed by atoms with Crippen molar-refractivity contribution < 1.29 is 14.3 Å². The lowest BCUT2D eigenvalue weighted by Crippen LogP contribution is -2.43. The maximum absolute atomic E-state index is 12.6. The molecule has 28 heavy (non-hydrogen) atoms. The molecule has 7 heteroatoms. The maximum Gasteiger partial charge on any atom is 0.223 e. The van der Waals surface area contributed by atoms with Crippen LogP contribution in [0.5, 0.6) is 5.75 Å². The van der Waals surface area contributed by atoms with Crippen molar-refractivity contribution in [2.45, 2.75) is 44.8 Å². The van der Waals surface area contributed by atoms with Gasteiger partial charge in [-0.25, -0.2) is 9.97 Å². The zero-order chi connectivity index (χ0) is 19.7. The number of fused-ring (bicyclic) bond motifs is 1. The maximum atomic E-state index is 12.6. The zero-order valence-electron chi connectivity index (χ0n) is 16.1. The molecule has 1 aromatic carbocycles. The Hall–Kier alpha value is -2.18. The van der Waals surface area contributed by atoms with Crippen LogP contribution < -0.4 is 10.1 Å². The second-order valence-corrected chi connectivity index (χ2v) is 8.47. The Morgan fingerprint density at radius 1 is 1.29 bits per heavy atom. The van der Waals surface area contributed by atoms with E-state index in [9.17, 15) is 4.79 Å². The van der Waals surface area contributed by atoms with Crippen molar-refractivity contribution in [2.75, 3.05) is 13.2 Å². The van der Waals surface area contributed by atoms with E-state index in [4.69, 9.17) is 21.1 Å². The topological polar surface area (TPSA) is 73.3 Å². The molecular weight excluding hydrogens is 378 g/mol. The Morgan fingerprint density at radius 3 is 2.82 bits per heavy atom. The molecule has 2 aliphatic heterocycles. The molecule has 148 valence electrons. The first-order chi connectivity index (χ1) is 13.4. The summed E-state index contributed by atoms with van der Waals surface area (Å²) in [6, 6.07) is 3.92. The number of nitrogens with zero attached hydrogens (tertiary/aromatic N) is 2. The summed E-state index contributed by atoms with van der Waals surface area (Å²) in [5.74, 6) is 0.763. The third-order valence-corrected chi connectivity index (χ3v) is 5.60. The van der Waals surface area contributed by atoms with Crippen LogP contribution in [0.1, 0.15) is 32.3 Å². The third-order valence-electron chi connectivity index (χ3n) is 5.32. The van der Waals surface area contributed by atoms with Gasteiger partial charge in [-0.15, -0.1) is 0 Å². The molecule has 1 saturated heterocycles. The van der Waals surface area contributed by atoms with E-state index >= 15 is 0 Å². The number of hydrogen-bond donors (Lipinski definition) is 1. The minimum Gasteiger partial charge on any atom is -0.486 e. The van der Waals surface area contributed by atoms with Crippen LogP contribution in [0, 0.1) is 5.92 Å². The summed E-state index contributed by atoms with van der Waals surface area (Å²) in [5, 5.41) is 3.62. The largest absolute Gasteiger partial charge is 0.486 e. The summed E-state index contributed by atoms with van der Waals surface area (Å²) in [5.41, 5.74) is 2.66. The molecule has 0 unspecified atom stereocenters. The summed E-state index contributed by atoms with van der Waals surface area (Å²) in [6.07, 6.45) is 7.10. The molecule has 3 heterocycles. The molecule has 0 spiro atoms. The number of aromatic nitrogens is 2. The Balaban J connectivity index is 1.39. The van der Waals surface area contributed by atoms with Crippen LogP contribution in [0.15, 0.2) is 30.9 Å². The molecule has 2 aliphatic rings. The van der Waals surface area contributed by atoms with Crippen LogP contribution >= 0.6 is 11.6 Å². The summed E-state index contributed by atoms with van der Waals surface area (Å²) in [7, 11) is 0. The van der Waals surface area contributed by atoms with E-state index in [0.717, 1.165) is 29.5 Å². The highest BCUT2D eigenvalue weighted by Crippen LogP contribution is 2.39. The van der Waals surface area contributed by atoms with Gasteiger partial charge in [-0.2, -0.15) is 0 Å². The van der Waals surface area contributed by atoms with Crippen molar-refractivity contribution >= 4 is 17.5 Å². The molecule has 1 fully saturated rings. The number of nitrogens with one attached hydrogen (secondary N) is 1. The van der Waals surface area contributed by atoms with Gasteiger partial charge in [0.15, 0.2) is 0 Å². The van der Waals surface area contributed by atoms with Gasteiger partial charge in [-0.3, -0.25) is 4.79 Å². The lowest BCUT2D eigenvalue weighted by atomic mass is 9.88. The highest BCUT2D eigenvalue weighted by Gasteiger charge is 2.33. The molecule has 6 nitrogen and oxygen atoms in total. The van der Waals surface area contributed by atoms with Gasteiger partial charge in [0.25, 0.3) is 0 Å². The molecule has 1 N–H and O–H groups in total. The molecule has 2 atom stereocenters. The number of amides is 1. The molecule has 0 radical (unpaired) electrons. The standard InChI is InChI=1S/C21H24ClN3O3/c1-21(2)8-13(3-4-27-21)20(26)25-11-17-6-15-5-14(7-18(22)19(15)28-17)16-9-23-12-24-10-16/h5,7,9-10,12-13,17H,3-4,6,8,11H2,1-2H3,(H,25,26)/t13-,17-/m1/s1. The lowest BCUT2D eigenvalue weighted by Gasteiger charge is -2.34. The second-order valence-electron chi connectivity index (χ2n) is 8.06. The Labute approximate surface area is 169 Å². The van der Waals surface area contributed by atoms with Crippen LogP contribution in [0.25, 0.3) is 11.1 Å². The highest BCUT2D eigenvalue weighted by atomic mass is 35.5. The third kappa shape index (κ3) is 4.13. The van der Waals surface area contributed by atoms with E-state index in [1.165, 1.54) is 6.33 Å². The molecule has 0 bridgehead atoms. The highest BCUT2D eigenvalue weighted by molar-refractivity contribution is 6.32. The molecule has 0 aliphatic carbocycles. The van der Waals surface area contributed by atoms with E-state index in [-0.39, 0.29) is 23.5 Å². The normalized spacial score (nSPS) is 23.0. The molecule has 2 aromatic rings. The Bertz CT molecular complexity index is 873. The van der Waals surface area contributed by atoms with Gasteiger partial charge in [0.05, 0.1) is 17.2 Å². The first-order valence-corrected chi connectivity index (χ1v) is 9.95. The summed E-state index contributed by atoms with van der Waals surface area (Å²) in [4.78, 5) is 20.7. The van der Waals surface area contributed by atoms with E-state index in [1.807, 2.05) is 19.9 Å². The number of benzene rings is 1. The van der Waals surface area contributed by atoms with Gasteiger partial charge < -0.3 is 14.8 Å². The van der Waals surface area contributed by atoms with E-state index in [0.29, 0.717) is 30.3 Å². The van der Waals surface area contributed by atoms with Crippen LogP contribution in [0.4, 0.5) is 0 Å². The molecule has 4 rings (SSSR count). The summed E-state index contributed by atoms with van der Waals surface area (Å²) >= 11 is 6.44. The summed E-state index contributed by atoms with van der Waals surface area (Å²) in [6.45, 7) is 5.14. The number of halogens is 1. The fourth-order valence-electron chi connectivity index (χ4n) is 3.93. The van der Waals surface area contributed by atoms with Crippen LogP contribution in [-0.4, -0.2) is 40.7 Å².